The normalized spacial score (nSPS) is 11.2. The van der Waals surface area contributed by atoms with Gasteiger partial charge in [-0.15, -0.1) is 0 Å². The second-order valence-corrected chi connectivity index (χ2v) is 8.15. The summed E-state index contributed by atoms with van der Waals surface area (Å²) in [6.45, 7) is -3.04. The first-order chi connectivity index (χ1) is 10.8. The summed E-state index contributed by atoms with van der Waals surface area (Å²) >= 11 is 0. The van der Waals surface area contributed by atoms with Crippen molar-refractivity contribution in [3.63, 3.8) is 0 Å². The molecule has 0 saturated carbocycles. The first-order valence-corrected chi connectivity index (χ1v) is 8.79. The molecule has 0 bridgehead atoms. The number of rotatable bonds is 3. The lowest BCUT2D eigenvalue weighted by atomic mass is 10.4. The van der Waals surface area contributed by atoms with Gasteiger partial charge in [-0.25, -0.2) is 0 Å². The van der Waals surface area contributed by atoms with Crippen molar-refractivity contribution in [2.24, 2.45) is 0 Å². The molecular weight excluding hydrogens is 297 g/mol. The molecule has 0 aliphatic carbocycles. The third-order valence-corrected chi connectivity index (χ3v) is 7.41. The zero-order valence-corrected chi connectivity index (χ0v) is 12.8. The molecule has 0 N–H and O–H groups in total. The quantitative estimate of drug-likeness (QED) is 0.641. The van der Waals surface area contributed by atoms with Crippen LogP contribution in [0.5, 0.6) is 0 Å². The van der Waals surface area contributed by atoms with Crippen molar-refractivity contribution < 1.29 is 8.78 Å². The maximum Gasteiger partial charge on any atom is 0.275 e. The molecule has 0 amide bonds. The summed E-state index contributed by atoms with van der Waals surface area (Å²) in [5.74, 6) is -1.52. The highest BCUT2D eigenvalue weighted by atomic mass is 31.2. The molecule has 0 aliphatic heterocycles. The fourth-order valence-electron chi connectivity index (χ4n) is 2.69. The van der Waals surface area contributed by atoms with Gasteiger partial charge in [-0.2, -0.15) is 8.78 Å². The van der Waals surface area contributed by atoms with E-state index in [1.54, 1.807) is 36.4 Å². The SMILES string of the molecule is FC(F)=P(c1ccccc1)(c1ccccc1)c1ccccc1. The zero-order chi connectivity index (χ0) is 15.4. The number of hydrogen-bond acceptors (Lipinski definition) is 0. The third kappa shape index (κ3) is 2.40. The second-order valence-electron chi connectivity index (χ2n) is 4.92. The molecule has 0 aromatic heterocycles. The fraction of sp³-hybridized carbons (Fsp3) is 0. The van der Waals surface area contributed by atoms with E-state index in [1.807, 2.05) is 54.6 Å². The van der Waals surface area contributed by atoms with Gasteiger partial charge in [0.25, 0.3) is 5.80 Å². The van der Waals surface area contributed by atoms with Gasteiger partial charge in [0.1, 0.15) is 0 Å². The Morgan fingerprint density at radius 1 is 0.500 bits per heavy atom. The lowest BCUT2D eigenvalue weighted by Crippen LogP contribution is -2.28. The van der Waals surface area contributed by atoms with Crippen LogP contribution < -0.4 is 15.9 Å². The van der Waals surface area contributed by atoms with Crippen molar-refractivity contribution in [1.29, 1.82) is 0 Å². The monoisotopic (exact) mass is 312 g/mol. The highest BCUT2D eigenvalue weighted by Gasteiger charge is 2.31. The van der Waals surface area contributed by atoms with Gasteiger partial charge in [0.05, 0.1) is 0 Å². The third-order valence-electron chi connectivity index (χ3n) is 3.68. The Bertz CT molecular complexity index is 689. The van der Waals surface area contributed by atoms with Gasteiger partial charge in [0, 0.05) is 6.89 Å². The Balaban J connectivity index is 2.44. The lowest BCUT2D eigenvalue weighted by molar-refractivity contribution is 0.641. The van der Waals surface area contributed by atoms with E-state index < -0.39 is 12.7 Å². The molecule has 0 nitrogen and oxygen atoms in total. The van der Waals surface area contributed by atoms with Gasteiger partial charge >= 0.3 is 0 Å². The summed E-state index contributed by atoms with van der Waals surface area (Å²) in [6, 6.07) is 27.3. The van der Waals surface area contributed by atoms with Crippen molar-refractivity contribution in [2.75, 3.05) is 0 Å². The van der Waals surface area contributed by atoms with Crippen LogP contribution in [0.2, 0.25) is 0 Å². The number of benzene rings is 3. The van der Waals surface area contributed by atoms with E-state index in [0.717, 1.165) is 0 Å². The predicted octanol–water partition coefficient (Wildman–Crippen LogP) is 4.01. The Morgan fingerprint density at radius 3 is 1.00 bits per heavy atom. The van der Waals surface area contributed by atoms with E-state index in [1.165, 1.54) is 0 Å². The van der Waals surface area contributed by atoms with E-state index in [4.69, 9.17) is 0 Å². The zero-order valence-electron chi connectivity index (χ0n) is 11.9. The van der Waals surface area contributed by atoms with Gasteiger partial charge in [-0.3, -0.25) is 0 Å². The van der Waals surface area contributed by atoms with Crippen LogP contribution in [-0.2, 0) is 0 Å². The molecular formula is C19H15F2P. The average Bonchev–Trinajstić information content (AvgIpc) is 2.58. The van der Waals surface area contributed by atoms with Gasteiger partial charge in [-0.1, -0.05) is 91.0 Å². The van der Waals surface area contributed by atoms with Crippen LogP contribution in [0.3, 0.4) is 0 Å². The minimum absolute atomic E-state index is 0.674. The molecule has 3 aromatic carbocycles. The maximum absolute atomic E-state index is 14.4. The Labute approximate surface area is 129 Å². The van der Waals surface area contributed by atoms with Crippen LogP contribution in [-0.4, -0.2) is 5.80 Å². The van der Waals surface area contributed by atoms with E-state index in [-0.39, 0.29) is 0 Å². The van der Waals surface area contributed by atoms with Crippen LogP contribution in [0, 0.1) is 0 Å². The van der Waals surface area contributed by atoms with Gasteiger partial charge in [-0.05, 0) is 15.9 Å². The Kier molecular flexibility index (Phi) is 4.22. The number of hydrogen-bond donors (Lipinski definition) is 0. The molecule has 0 heterocycles. The molecule has 0 spiro atoms. The van der Waals surface area contributed by atoms with Crippen LogP contribution in [0.15, 0.2) is 91.0 Å². The first kappa shape index (κ1) is 14.7. The summed E-state index contributed by atoms with van der Waals surface area (Å²) in [7, 11) is 0. The molecule has 0 radical (unpaired) electrons. The molecule has 0 aliphatic rings. The van der Waals surface area contributed by atoms with Gasteiger partial charge in [0.2, 0.25) is 0 Å². The Hall–Kier alpha value is -2.18. The van der Waals surface area contributed by atoms with Crippen molar-refractivity contribution in [3.8, 4) is 0 Å². The molecule has 3 rings (SSSR count). The highest BCUT2D eigenvalue weighted by Crippen LogP contribution is 2.46. The number of halogens is 2. The standard InChI is InChI=1S/C19H15F2P/c20-19(21)22(16-10-4-1-5-11-16,17-12-6-2-7-13-17)18-14-8-3-9-15-18/h1-15H. The summed E-state index contributed by atoms with van der Waals surface area (Å²) in [5.41, 5.74) is 0. The molecule has 0 atom stereocenters. The smallest absolute Gasteiger partial charge is 0.173 e. The molecule has 0 fully saturated rings. The largest absolute Gasteiger partial charge is 0.275 e. The minimum Gasteiger partial charge on any atom is -0.173 e. The first-order valence-electron chi connectivity index (χ1n) is 7.00. The fourth-order valence-corrected chi connectivity index (χ4v) is 6.03. The summed E-state index contributed by atoms with van der Waals surface area (Å²) < 4.78 is 28.8. The maximum atomic E-state index is 14.4. The Morgan fingerprint density at radius 2 is 0.773 bits per heavy atom. The average molecular weight is 312 g/mol. The van der Waals surface area contributed by atoms with Gasteiger partial charge < -0.3 is 0 Å². The summed E-state index contributed by atoms with van der Waals surface area (Å²) in [4.78, 5) is 0. The van der Waals surface area contributed by atoms with E-state index in [2.05, 4.69) is 0 Å². The van der Waals surface area contributed by atoms with Crippen molar-refractivity contribution in [3.05, 3.63) is 91.0 Å². The molecule has 110 valence electrons. The molecule has 3 aromatic rings. The van der Waals surface area contributed by atoms with Crippen molar-refractivity contribution in [1.82, 2.24) is 0 Å². The van der Waals surface area contributed by atoms with E-state index in [0.29, 0.717) is 15.9 Å². The lowest BCUT2D eigenvalue weighted by Gasteiger charge is -2.26. The van der Waals surface area contributed by atoms with Crippen LogP contribution >= 0.6 is 6.89 Å². The topological polar surface area (TPSA) is 0 Å². The molecule has 0 saturated heterocycles. The molecule has 22 heavy (non-hydrogen) atoms. The van der Waals surface area contributed by atoms with Crippen molar-refractivity contribution >= 4 is 28.6 Å². The van der Waals surface area contributed by atoms with Gasteiger partial charge in [0.15, 0.2) is 0 Å². The van der Waals surface area contributed by atoms with Crippen LogP contribution in [0.4, 0.5) is 8.78 Å². The van der Waals surface area contributed by atoms with E-state index in [9.17, 15) is 8.78 Å². The summed E-state index contributed by atoms with van der Waals surface area (Å²) in [6.07, 6.45) is 0. The molecule has 3 heteroatoms. The van der Waals surface area contributed by atoms with Crippen molar-refractivity contribution in [2.45, 2.75) is 0 Å². The summed E-state index contributed by atoms with van der Waals surface area (Å²) in [5, 5.41) is 2.02. The highest BCUT2D eigenvalue weighted by molar-refractivity contribution is 7.94. The van der Waals surface area contributed by atoms with Crippen LogP contribution in [0.1, 0.15) is 0 Å². The minimum atomic E-state index is -3.04. The molecule has 0 unspecified atom stereocenters. The second kappa shape index (κ2) is 6.29. The van der Waals surface area contributed by atoms with Crippen LogP contribution in [0.25, 0.3) is 0 Å². The predicted molar refractivity (Wildman–Crippen MR) is 92.4 cm³/mol. The van der Waals surface area contributed by atoms with E-state index >= 15 is 0 Å².